The van der Waals surface area contributed by atoms with Gasteiger partial charge < -0.3 is 20.7 Å². The largest absolute Gasteiger partial charge is 0.492 e. The molecule has 2 heterocycles. The molecule has 3 rings (SSSR count). The van der Waals surface area contributed by atoms with Crippen LogP contribution in [0.2, 0.25) is 0 Å². The van der Waals surface area contributed by atoms with Crippen molar-refractivity contribution in [3.8, 4) is 5.75 Å². The van der Waals surface area contributed by atoms with E-state index < -0.39 is 0 Å². The highest BCUT2D eigenvalue weighted by atomic mass is 35.5. The number of likely N-dealkylation sites (tertiary alicyclic amines) is 1. The summed E-state index contributed by atoms with van der Waals surface area (Å²) in [5.41, 5.74) is 0.708. The number of para-hydroxylation sites is 2. The highest BCUT2D eigenvalue weighted by Crippen LogP contribution is 2.24. The van der Waals surface area contributed by atoms with Crippen molar-refractivity contribution in [3.05, 3.63) is 24.3 Å². The number of benzene rings is 1. The summed E-state index contributed by atoms with van der Waals surface area (Å²) in [5, 5.41) is 9.28. The molecule has 0 aliphatic carbocycles. The number of ether oxygens (including phenoxy) is 1. The van der Waals surface area contributed by atoms with E-state index in [-0.39, 0.29) is 30.3 Å². The first-order valence-electron chi connectivity index (χ1n) is 10.4. The van der Waals surface area contributed by atoms with Crippen LogP contribution in [0.3, 0.4) is 0 Å². The van der Waals surface area contributed by atoms with Crippen LogP contribution in [0.1, 0.15) is 32.6 Å². The summed E-state index contributed by atoms with van der Waals surface area (Å²) in [4.78, 5) is 26.8. The third-order valence-electron chi connectivity index (χ3n) is 5.37. The van der Waals surface area contributed by atoms with Crippen LogP contribution in [0.5, 0.6) is 5.75 Å². The first-order valence-corrected chi connectivity index (χ1v) is 10.4. The number of hydrogen-bond donors (Lipinski definition) is 3. The summed E-state index contributed by atoms with van der Waals surface area (Å²) in [7, 11) is 0. The highest BCUT2D eigenvalue weighted by molar-refractivity contribution is 5.93. The number of anilines is 1. The maximum Gasteiger partial charge on any atom is 0.238 e. The van der Waals surface area contributed by atoms with Gasteiger partial charge in [-0.15, -0.1) is 12.4 Å². The van der Waals surface area contributed by atoms with Crippen LogP contribution in [-0.2, 0) is 9.59 Å². The van der Waals surface area contributed by atoms with Gasteiger partial charge in [0.2, 0.25) is 11.8 Å². The second-order valence-corrected chi connectivity index (χ2v) is 7.61. The number of nitrogens with one attached hydrogen (secondary N) is 3. The molecule has 1 aromatic carbocycles. The number of carbonyl (C=O) groups is 2. The van der Waals surface area contributed by atoms with E-state index >= 15 is 0 Å². The van der Waals surface area contributed by atoms with Crippen molar-refractivity contribution >= 4 is 29.9 Å². The van der Waals surface area contributed by atoms with Crippen molar-refractivity contribution in [1.82, 2.24) is 15.5 Å². The third-order valence-corrected chi connectivity index (χ3v) is 5.37. The first-order chi connectivity index (χ1) is 13.7. The van der Waals surface area contributed by atoms with E-state index in [9.17, 15) is 9.59 Å². The van der Waals surface area contributed by atoms with Crippen LogP contribution >= 0.6 is 12.4 Å². The summed E-state index contributed by atoms with van der Waals surface area (Å²) in [6.07, 6.45) is 4.12. The summed E-state index contributed by atoms with van der Waals surface area (Å²) in [6, 6.07) is 7.46. The molecule has 2 atom stereocenters. The number of carbonyl (C=O) groups excluding carboxylic acids is 2. The van der Waals surface area contributed by atoms with Gasteiger partial charge in [-0.1, -0.05) is 12.1 Å². The smallest absolute Gasteiger partial charge is 0.238 e. The van der Waals surface area contributed by atoms with Crippen LogP contribution in [0, 0.1) is 5.92 Å². The number of halogens is 1. The lowest BCUT2D eigenvalue weighted by Crippen LogP contribution is -2.46. The second-order valence-electron chi connectivity index (χ2n) is 7.61. The minimum Gasteiger partial charge on any atom is -0.492 e. The Bertz CT molecular complexity index is 667. The molecule has 162 valence electrons. The highest BCUT2D eigenvalue weighted by Gasteiger charge is 2.25. The standard InChI is InChI=1S/C21H32N4O3.ClH/c1-2-28-19-10-4-3-8-17(19)24-20(26)15-25-12-6-7-16(14-25)13-23-21(27)18-9-5-11-22-18;/h3-4,8,10,16,18,22H,2,5-7,9,11-15H2,1H3,(H,23,27)(H,24,26);1H. The average molecular weight is 425 g/mol. The fraction of sp³-hybridized carbons (Fsp3) is 0.619. The predicted octanol–water partition coefficient (Wildman–Crippen LogP) is 2.03. The summed E-state index contributed by atoms with van der Waals surface area (Å²) in [6.45, 7) is 6.19. The van der Waals surface area contributed by atoms with E-state index in [1.54, 1.807) is 0 Å². The third kappa shape index (κ3) is 7.17. The Labute approximate surface area is 179 Å². The Kier molecular flexibility index (Phi) is 9.70. The number of hydrogen-bond acceptors (Lipinski definition) is 5. The van der Waals surface area contributed by atoms with Gasteiger partial charge in [0, 0.05) is 13.1 Å². The zero-order valence-corrected chi connectivity index (χ0v) is 17.9. The molecule has 2 aliphatic rings. The molecule has 2 fully saturated rings. The Morgan fingerprint density at radius 3 is 2.83 bits per heavy atom. The molecule has 2 unspecified atom stereocenters. The van der Waals surface area contributed by atoms with E-state index in [0.29, 0.717) is 37.1 Å². The lowest BCUT2D eigenvalue weighted by atomic mass is 9.98. The molecule has 0 aromatic heterocycles. The summed E-state index contributed by atoms with van der Waals surface area (Å²) in [5.74, 6) is 1.16. The molecule has 0 spiro atoms. The maximum absolute atomic E-state index is 12.5. The number of rotatable bonds is 8. The average Bonchev–Trinajstić information content (AvgIpc) is 3.23. The molecule has 7 nitrogen and oxygen atoms in total. The lowest BCUT2D eigenvalue weighted by Gasteiger charge is -2.32. The Morgan fingerprint density at radius 2 is 2.07 bits per heavy atom. The molecule has 0 bridgehead atoms. The van der Waals surface area contributed by atoms with Crippen molar-refractivity contribution in [2.45, 2.75) is 38.6 Å². The van der Waals surface area contributed by atoms with Gasteiger partial charge in [0.15, 0.2) is 0 Å². The van der Waals surface area contributed by atoms with Crippen molar-refractivity contribution in [2.24, 2.45) is 5.92 Å². The van der Waals surface area contributed by atoms with Crippen LogP contribution in [0.25, 0.3) is 0 Å². The zero-order chi connectivity index (χ0) is 19.8. The molecule has 8 heteroatoms. The number of amides is 2. The van der Waals surface area contributed by atoms with Gasteiger partial charge in [0.05, 0.1) is 24.9 Å². The molecular formula is C21H33ClN4O3. The monoisotopic (exact) mass is 424 g/mol. The van der Waals surface area contributed by atoms with Crippen LogP contribution in [-0.4, -0.2) is 62.1 Å². The summed E-state index contributed by atoms with van der Waals surface area (Å²) >= 11 is 0. The van der Waals surface area contributed by atoms with Crippen LogP contribution in [0.4, 0.5) is 5.69 Å². The topological polar surface area (TPSA) is 82.7 Å². The van der Waals surface area contributed by atoms with Gasteiger partial charge in [0.25, 0.3) is 0 Å². The van der Waals surface area contributed by atoms with Gasteiger partial charge in [-0.3, -0.25) is 14.5 Å². The molecule has 0 saturated carbocycles. The molecule has 29 heavy (non-hydrogen) atoms. The van der Waals surface area contributed by atoms with E-state index in [1.807, 2.05) is 31.2 Å². The minimum atomic E-state index is -0.0352. The fourth-order valence-corrected chi connectivity index (χ4v) is 3.98. The lowest BCUT2D eigenvalue weighted by molar-refractivity contribution is -0.123. The van der Waals surface area contributed by atoms with E-state index in [4.69, 9.17) is 4.74 Å². The predicted molar refractivity (Wildman–Crippen MR) is 117 cm³/mol. The van der Waals surface area contributed by atoms with Crippen molar-refractivity contribution in [3.63, 3.8) is 0 Å². The molecule has 2 amide bonds. The molecule has 2 aliphatic heterocycles. The summed E-state index contributed by atoms with van der Waals surface area (Å²) < 4.78 is 5.57. The molecule has 1 aromatic rings. The number of piperidine rings is 1. The Balaban J connectivity index is 0.00000300. The molecule has 0 radical (unpaired) electrons. The Hall–Kier alpha value is -1.83. The van der Waals surface area contributed by atoms with E-state index in [1.165, 1.54) is 0 Å². The maximum atomic E-state index is 12.5. The minimum absolute atomic E-state index is 0. The molecule has 3 N–H and O–H groups in total. The van der Waals surface area contributed by atoms with Crippen molar-refractivity contribution in [1.29, 1.82) is 0 Å². The SMILES string of the molecule is CCOc1ccccc1NC(=O)CN1CCCC(CNC(=O)C2CCCN2)C1.Cl. The van der Waals surface area contributed by atoms with E-state index in [2.05, 4.69) is 20.9 Å². The van der Waals surface area contributed by atoms with Gasteiger partial charge in [-0.05, 0) is 63.7 Å². The van der Waals surface area contributed by atoms with Crippen LogP contribution in [0.15, 0.2) is 24.3 Å². The fourth-order valence-electron chi connectivity index (χ4n) is 3.98. The molecule has 2 saturated heterocycles. The zero-order valence-electron chi connectivity index (χ0n) is 17.1. The van der Waals surface area contributed by atoms with E-state index in [0.717, 1.165) is 45.3 Å². The second kappa shape index (κ2) is 12.0. The normalized spacial score (nSPS) is 21.8. The Morgan fingerprint density at radius 1 is 1.24 bits per heavy atom. The molecular weight excluding hydrogens is 392 g/mol. The van der Waals surface area contributed by atoms with Gasteiger partial charge in [0.1, 0.15) is 5.75 Å². The van der Waals surface area contributed by atoms with Crippen molar-refractivity contribution < 1.29 is 14.3 Å². The van der Waals surface area contributed by atoms with Crippen LogP contribution < -0.4 is 20.7 Å². The van der Waals surface area contributed by atoms with Gasteiger partial charge >= 0.3 is 0 Å². The van der Waals surface area contributed by atoms with Gasteiger partial charge in [-0.25, -0.2) is 0 Å². The quantitative estimate of drug-likeness (QED) is 0.594. The van der Waals surface area contributed by atoms with Crippen molar-refractivity contribution in [2.75, 3.05) is 44.6 Å². The first kappa shape index (κ1) is 23.4. The number of nitrogens with zero attached hydrogens (tertiary/aromatic N) is 1. The van der Waals surface area contributed by atoms with Gasteiger partial charge in [-0.2, -0.15) is 0 Å².